The van der Waals surface area contributed by atoms with Crippen LogP contribution in [0.2, 0.25) is 0 Å². The minimum absolute atomic E-state index is 0.172. The molecule has 0 saturated heterocycles. The SMILES string of the molecule is O=C1C=C(CCCCc2ccccc2)CCO1. The number of hydrogen-bond acceptors (Lipinski definition) is 2. The zero-order valence-electron chi connectivity index (χ0n) is 10.0. The zero-order chi connectivity index (χ0) is 11.9. The third-order valence-electron chi connectivity index (χ3n) is 3.05. The van der Waals surface area contributed by atoms with Gasteiger partial charge in [-0.15, -0.1) is 0 Å². The van der Waals surface area contributed by atoms with Gasteiger partial charge in [-0.25, -0.2) is 4.79 Å². The van der Waals surface area contributed by atoms with Crippen molar-refractivity contribution in [2.45, 2.75) is 32.1 Å². The van der Waals surface area contributed by atoms with Crippen LogP contribution < -0.4 is 0 Å². The van der Waals surface area contributed by atoms with Crippen molar-refractivity contribution >= 4 is 5.97 Å². The van der Waals surface area contributed by atoms with Gasteiger partial charge in [-0.05, 0) is 31.2 Å². The number of carbonyl (C=O) groups excluding carboxylic acids is 1. The van der Waals surface area contributed by atoms with Crippen LogP contribution in [-0.4, -0.2) is 12.6 Å². The van der Waals surface area contributed by atoms with Crippen LogP contribution in [0.5, 0.6) is 0 Å². The smallest absolute Gasteiger partial charge is 0.330 e. The highest BCUT2D eigenvalue weighted by atomic mass is 16.5. The number of cyclic esters (lactones) is 1. The van der Waals surface area contributed by atoms with Crippen LogP contribution >= 0.6 is 0 Å². The summed E-state index contributed by atoms with van der Waals surface area (Å²) in [6.07, 6.45) is 7.05. The fraction of sp³-hybridized carbons (Fsp3) is 0.400. The molecule has 1 aromatic rings. The molecule has 2 heteroatoms. The van der Waals surface area contributed by atoms with E-state index in [9.17, 15) is 4.79 Å². The normalized spacial score (nSPS) is 15.3. The highest BCUT2D eigenvalue weighted by molar-refractivity contribution is 5.83. The van der Waals surface area contributed by atoms with Crippen LogP contribution in [0, 0.1) is 0 Å². The monoisotopic (exact) mass is 230 g/mol. The molecule has 0 aliphatic carbocycles. The Hall–Kier alpha value is -1.57. The molecule has 1 aliphatic rings. The summed E-state index contributed by atoms with van der Waals surface area (Å²) >= 11 is 0. The molecule has 0 N–H and O–H groups in total. The lowest BCUT2D eigenvalue weighted by Gasteiger charge is -2.12. The lowest BCUT2D eigenvalue weighted by Crippen LogP contribution is -2.10. The minimum atomic E-state index is -0.172. The highest BCUT2D eigenvalue weighted by Crippen LogP contribution is 2.16. The first kappa shape index (κ1) is 11.9. The maximum absolute atomic E-state index is 11.0. The number of hydrogen-bond donors (Lipinski definition) is 0. The van der Waals surface area contributed by atoms with Crippen molar-refractivity contribution < 1.29 is 9.53 Å². The van der Waals surface area contributed by atoms with E-state index in [0.717, 1.165) is 25.7 Å². The summed E-state index contributed by atoms with van der Waals surface area (Å²) in [5.41, 5.74) is 2.64. The van der Waals surface area contributed by atoms with E-state index in [1.54, 1.807) is 6.08 Å². The molecule has 2 rings (SSSR count). The minimum Gasteiger partial charge on any atom is -0.462 e. The second-order valence-electron chi connectivity index (χ2n) is 4.41. The molecule has 1 aromatic carbocycles. The van der Waals surface area contributed by atoms with Gasteiger partial charge in [0, 0.05) is 12.5 Å². The lowest BCUT2D eigenvalue weighted by molar-refractivity contribution is -0.138. The van der Waals surface area contributed by atoms with E-state index in [4.69, 9.17) is 4.74 Å². The summed E-state index contributed by atoms with van der Waals surface area (Å²) in [5, 5.41) is 0. The molecule has 0 unspecified atom stereocenters. The van der Waals surface area contributed by atoms with Crippen LogP contribution in [0.25, 0.3) is 0 Å². The number of unbranched alkanes of at least 4 members (excludes halogenated alkanes) is 1. The van der Waals surface area contributed by atoms with Gasteiger partial charge in [-0.1, -0.05) is 35.9 Å². The predicted octanol–water partition coefficient (Wildman–Crippen LogP) is 3.27. The third-order valence-corrected chi connectivity index (χ3v) is 3.05. The van der Waals surface area contributed by atoms with Gasteiger partial charge >= 0.3 is 5.97 Å². The Morgan fingerprint density at radius 1 is 1.06 bits per heavy atom. The molecule has 0 radical (unpaired) electrons. The van der Waals surface area contributed by atoms with Crippen LogP contribution in [-0.2, 0) is 16.0 Å². The molecule has 17 heavy (non-hydrogen) atoms. The van der Waals surface area contributed by atoms with Gasteiger partial charge in [0.2, 0.25) is 0 Å². The molecule has 2 nitrogen and oxygen atoms in total. The van der Waals surface area contributed by atoms with E-state index in [1.807, 2.05) is 6.07 Å². The van der Waals surface area contributed by atoms with E-state index >= 15 is 0 Å². The predicted molar refractivity (Wildman–Crippen MR) is 67.7 cm³/mol. The van der Waals surface area contributed by atoms with Crippen molar-refractivity contribution in [1.82, 2.24) is 0 Å². The Kier molecular flexibility index (Phi) is 4.37. The van der Waals surface area contributed by atoms with Crippen molar-refractivity contribution in [3.8, 4) is 0 Å². The summed E-state index contributed by atoms with van der Waals surface area (Å²) < 4.78 is 4.87. The number of aryl methyl sites for hydroxylation is 1. The van der Waals surface area contributed by atoms with Crippen molar-refractivity contribution in [2.75, 3.05) is 6.61 Å². The number of benzene rings is 1. The molecule has 0 saturated carbocycles. The summed E-state index contributed by atoms with van der Waals surface area (Å²) in [5.74, 6) is -0.172. The topological polar surface area (TPSA) is 26.3 Å². The third kappa shape index (κ3) is 4.06. The molecule has 0 aromatic heterocycles. The molecular weight excluding hydrogens is 212 g/mol. The summed E-state index contributed by atoms with van der Waals surface area (Å²) in [4.78, 5) is 11.0. The maximum atomic E-state index is 11.0. The van der Waals surface area contributed by atoms with Crippen molar-refractivity contribution in [1.29, 1.82) is 0 Å². The molecule has 1 aliphatic heterocycles. The average Bonchev–Trinajstić information content (AvgIpc) is 2.36. The van der Waals surface area contributed by atoms with Gasteiger partial charge in [0.05, 0.1) is 6.61 Å². The van der Waals surface area contributed by atoms with Crippen LogP contribution in [0.1, 0.15) is 31.2 Å². The first-order chi connectivity index (χ1) is 8.34. The van der Waals surface area contributed by atoms with Gasteiger partial charge in [0.15, 0.2) is 0 Å². The van der Waals surface area contributed by atoms with Crippen LogP contribution in [0.4, 0.5) is 0 Å². The summed E-state index contributed by atoms with van der Waals surface area (Å²) in [7, 11) is 0. The molecule has 0 bridgehead atoms. The van der Waals surface area contributed by atoms with E-state index in [1.165, 1.54) is 17.6 Å². The molecule has 0 amide bonds. The maximum Gasteiger partial charge on any atom is 0.330 e. The summed E-state index contributed by atoms with van der Waals surface area (Å²) in [6.45, 7) is 0.559. The first-order valence-electron chi connectivity index (χ1n) is 6.25. The second-order valence-corrected chi connectivity index (χ2v) is 4.41. The zero-order valence-corrected chi connectivity index (χ0v) is 10.0. The van der Waals surface area contributed by atoms with E-state index in [-0.39, 0.29) is 5.97 Å². The van der Waals surface area contributed by atoms with Gasteiger partial charge in [0.25, 0.3) is 0 Å². The molecule has 0 fully saturated rings. The largest absolute Gasteiger partial charge is 0.462 e. The Morgan fingerprint density at radius 2 is 1.82 bits per heavy atom. The van der Waals surface area contributed by atoms with Crippen LogP contribution in [0.3, 0.4) is 0 Å². The van der Waals surface area contributed by atoms with E-state index in [0.29, 0.717) is 6.61 Å². The van der Waals surface area contributed by atoms with Crippen molar-refractivity contribution in [3.63, 3.8) is 0 Å². The average molecular weight is 230 g/mol. The standard InChI is InChI=1S/C15H18O2/c16-15-12-14(10-11-17-15)9-5-4-8-13-6-2-1-3-7-13/h1-3,6-7,12H,4-5,8-11H2. The number of rotatable bonds is 5. The highest BCUT2D eigenvalue weighted by Gasteiger charge is 2.09. The molecular formula is C15H18O2. The van der Waals surface area contributed by atoms with Gasteiger partial charge < -0.3 is 4.74 Å². The van der Waals surface area contributed by atoms with Crippen molar-refractivity contribution in [3.05, 3.63) is 47.5 Å². The molecule has 1 heterocycles. The second kappa shape index (κ2) is 6.24. The Labute approximate surface area is 102 Å². The molecule has 0 atom stereocenters. The van der Waals surface area contributed by atoms with Gasteiger partial charge in [-0.3, -0.25) is 0 Å². The van der Waals surface area contributed by atoms with E-state index < -0.39 is 0 Å². The molecule has 0 spiro atoms. The van der Waals surface area contributed by atoms with Gasteiger partial charge in [0.1, 0.15) is 0 Å². The molecule has 90 valence electrons. The van der Waals surface area contributed by atoms with Gasteiger partial charge in [-0.2, -0.15) is 0 Å². The van der Waals surface area contributed by atoms with E-state index in [2.05, 4.69) is 24.3 Å². The fourth-order valence-electron chi connectivity index (χ4n) is 2.09. The lowest BCUT2D eigenvalue weighted by atomic mass is 10.0. The number of esters is 1. The Balaban J connectivity index is 1.68. The first-order valence-corrected chi connectivity index (χ1v) is 6.25. The fourth-order valence-corrected chi connectivity index (χ4v) is 2.09. The summed E-state index contributed by atoms with van der Waals surface area (Å²) in [6, 6.07) is 10.5. The van der Waals surface area contributed by atoms with Crippen LogP contribution in [0.15, 0.2) is 42.0 Å². The number of ether oxygens (including phenoxy) is 1. The quantitative estimate of drug-likeness (QED) is 0.573. The Morgan fingerprint density at radius 3 is 2.59 bits per heavy atom. The Bertz CT molecular complexity index is 393. The van der Waals surface area contributed by atoms with Crippen molar-refractivity contribution in [2.24, 2.45) is 0 Å². The number of carbonyl (C=O) groups is 1.